The van der Waals surface area contributed by atoms with Gasteiger partial charge >= 0.3 is 0 Å². The minimum atomic E-state index is -0.0256. The number of carbonyl (C=O) groups is 1. The normalized spacial score (nSPS) is 9.91. The summed E-state index contributed by atoms with van der Waals surface area (Å²) in [6, 6.07) is 12.9. The van der Waals surface area contributed by atoms with E-state index in [4.69, 9.17) is 12.2 Å². The molecule has 1 heterocycles. The van der Waals surface area contributed by atoms with Crippen LogP contribution >= 0.6 is 12.2 Å². The molecule has 0 aliphatic rings. The fraction of sp³-hybridized carbons (Fsp3) is 0.188. The third-order valence-corrected chi connectivity index (χ3v) is 3.20. The maximum Gasteiger partial charge on any atom is 0.253 e. The van der Waals surface area contributed by atoms with E-state index in [9.17, 15) is 4.79 Å². The summed E-state index contributed by atoms with van der Waals surface area (Å²) in [4.78, 5) is 17.6. The monoisotopic (exact) mass is 314 g/mol. The lowest BCUT2D eigenvalue weighted by Crippen LogP contribution is -2.28. The Morgan fingerprint density at radius 1 is 1.18 bits per heavy atom. The summed E-state index contributed by atoms with van der Waals surface area (Å²) in [6.45, 7) is 0.559. The van der Waals surface area contributed by atoms with Gasteiger partial charge < -0.3 is 15.5 Å². The fourth-order valence-corrected chi connectivity index (χ4v) is 1.99. The number of hydrogen-bond acceptors (Lipinski definition) is 3. The van der Waals surface area contributed by atoms with Crippen LogP contribution in [-0.2, 0) is 6.54 Å². The summed E-state index contributed by atoms with van der Waals surface area (Å²) >= 11 is 5.24. The van der Waals surface area contributed by atoms with Crippen molar-refractivity contribution in [1.29, 1.82) is 0 Å². The molecule has 22 heavy (non-hydrogen) atoms. The molecule has 0 aliphatic heterocycles. The number of hydrogen-bond donors (Lipinski definition) is 2. The number of nitrogens with zero attached hydrogens (tertiary/aromatic N) is 2. The second kappa shape index (κ2) is 7.51. The second-order valence-corrected chi connectivity index (χ2v) is 5.31. The summed E-state index contributed by atoms with van der Waals surface area (Å²) in [5.41, 5.74) is 2.38. The number of thiocarbonyl (C=S) groups is 1. The van der Waals surface area contributed by atoms with Crippen molar-refractivity contribution in [1.82, 2.24) is 15.2 Å². The molecule has 0 saturated heterocycles. The smallest absolute Gasteiger partial charge is 0.253 e. The summed E-state index contributed by atoms with van der Waals surface area (Å²) in [7, 11) is 3.45. The summed E-state index contributed by atoms with van der Waals surface area (Å²) < 4.78 is 0. The van der Waals surface area contributed by atoms with Crippen molar-refractivity contribution >= 4 is 28.9 Å². The van der Waals surface area contributed by atoms with Gasteiger partial charge in [-0.2, -0.15) is 0 Å². The van der Waals surface area contributed by atoms with Gasteiger partial charge in [0, 0.05) is 31.5 Å². The van der Waals surface area contributed by atoms with E-state index in [0.717, 1.165) is 11.4 Å². The first kappa shape index (κ1) is 15.9. The Balaban J connectivity index is 1.88. The van der Waals surface area contributed by atoms with Gasteiger partial charge in [-0.05, 0) is 48.6 Å². The molecule has 0 spiro atoms. The van der Waals surface area contributed by atoms with Crippen LogP contribution in [0, 0.1) is 0 Å². The Bertz CT molecular complexity index is 641. The molecular weight excluding hydrogens is 296 g/mol. The van der Waals surface area contributed by atoms with Crippen LogP contribution in [0.1, 0.15) is 16.1 Å². The summed E-state index contributed by atoms with van der Waals surface area (Å²) in [5.74, 6) is -0.0256. The Morgan fingerprint density at radius 2 is 1.91 bits per heavy atom. The standard InChI is InChI=1S/C16H18N4OS/c1-20(2)15(21)12-6-8-13(9-7-12)19-16(22)18-11-14-5-3-4-10-17-14/h3-10H,11H2,1-2H3,(H2,18,19,22). The molecule has 0 saturated carbocycles. The lowest BCUT2D eigenvalue weighted by atomic mass is 10.2. The highest BCUT2D eigenvalue weighted by Crippen LogP contribution is 2.10. The SMILES string of the molecule is CN(C)C(=O)c1ccc(NC(=S)NCc2ccccn2)cc1. The van der Waals surface area contributed by atoms with Gasteiger partial charge in [-0.3, -0.25) is 9.78 Å². The number of amides is 1. The minimum Gasteiger partial charge on any atom is -0.357 e. The van der Waals surface area contributed by atoms with E-state index in [-0.39, 0.29) is 5.91 Å². The van der Waals surface area contributed by atoms with Crippen LogP contribution in [0.4, 0.5) is 5.69 Å². The molecule has 0 unspecified atom stereocenters. The predicted molar refractivity (Wildman–Crippen MR) is 91.8 cm³/mol. The van der Waals surface area contributed by atoms with Gasteiger partial charge in [0.05, 0.1) is 12.2 Å². The Morgan fingerprint density at radius 3 is 2.50 bits per heavy atom. The second-order valence-electron chi connectivity index (χ2n) is 4.91. The average Bonchev–Trinajstić information content (AvgIpc) is 2.54. The van der Waals surface area contributed by atoms with E-state index in [2.05, 4.69) is 15.6 Å². The van der Waals surface area contributed by atoms with Crippen LogP contribution in [0.2, 0.25) is 0 Å². The van der Waals surface area contributed by atoms with E-state index in [1.54, 1.807) is 37.3 Å². The largest absolute Gasteiger partial charge is 0.357 e. The highest BCUT2D eigenvalue weighted by atomic mass is 32.1. The van der Waals surface area contributed by atoms with Crippen molar-refractivity contribution in [3.63, 3.8) is 0 Å². The quantitative estimate of drug-likeness (QED) is 0.848. The van der Waals surface area contributed by atoms with Crippen LogP contribution in [0.3, 0.4) is 0 Å². The van der Waals surface area contributed by atoms with Crippen molar-refractivity contribution in [2.45, 2.75) is 6.54 Å². The fourth-order valence-electron chi connectivity index (χ4n) is 1.80. The van der Waals surface area contributed by atoms with Crippen LogP contribution < -0.4 is 10.6 Å². The van der Waals surface area contributed by atoms with Crippen molar-refractivity contribution in [3.8, 4) is 0 Å². The lowest BCUT2D eigenvalue weighted by Gasteiger charge is -2.12. The van der Waals surface area contributed by atoms with Crippen molar-refractivity contribution in [2.75, 3.05) is 19.4 Å². The van der Waals surface area contributed by atoms with Gasteiger partial charge in [-0.25, -0.2) is 0 Å². The van der Waals surface area contributed by atoms with Crippen LogP contribution in [0.25, 0.3) is 0 Å². The number of carbonyl (C=O) groups excluding carboxylic acids is 1. The van der Waals surface area contributed by atoms with Gasteiger partial charge in [0.1, 0.15) is 0 Å². The van der Waals surface area contributed by atoms with Crippen LogP contribution in [0.5, 0.6) is 0 Å². The molecule has 1 aromatic carbocycles. The molecule has 0 atom stereocenters. The van der Waals surface area contributed by atoms with E-state index in [0.29, 0.717) is 17.2 Å². The topological polar surface area (TPSA) is 57.3 Å². The van der Waals surface area contributed by atoms with Gasteiger partial charge in [0.15, 0.2) is 5.11 Å². The summed E-state index contributed by atoms with van der Waals surface area (Å²) in [6.07, 6.45) is 1.74. The van der Waals surface area contributed by atoms with Crippen LogP contribution in [-0.4, -0.2) is 35.0 Å². The molecule has 6 heteroatoms. The predicted octanol–water partition coefficient (Wildman–Crippen LogP) is 2.27. The van der Waals surface area contributed by atoms with Crippen molar-refractivity contribution < 1.29 is 4.79 Å². The Hall–Kier alpha value is -2.47. The zero-order chi connectivity index (χ0) is 15.9. The number of nitrogens with one attached hydrogen (secondary N) is 2. The highest BCUT2D eigenvalue weighted by molar-refractivity contribution is 7.80. The van der Waals surface area contributed by atoms with Crippen molar-refractivity contribution in [2.24, 2.45) is 0 Å². The first-order valence-electron chi connectivity index (χ1n) is 6.83. The lowest BCUT2D eigenvalue weighted by molar-refractivity contribution is 0.0827. The summed E-state index contributed by atoms with van der Waals surface area (Å²) in [5, 5.41) is 6.67. The minimum absolute atomic E-state index is 0.0256. The third-order valence-electron chi connectivity index (χ3n) is 2.95. The van der Waals surface area contributed by atoms with Gasteiger partial charge in [0.25, 0.3) is 5.91 Å². The molecule has 1 amide bonds. The van der Waals surface area contributed by atoms with E-state index in [1.807, 2.05) is 30.3 Å². The third kappa shape index (κ3) is 4.53. The molecule has 2 aromatic rings. The number of rotatable bonds is 4. The van der Waals surface area contributed by atoms with E-state index >= 15 is 0 Å². The maximum absolute atomic E-state index is 11.8. The molecule has 2 N–H and O–H groups in total. The zero-order valence-corrected chi connectivity index (χ0v) is 13.4. The molecule has 1 aromatic heterocycles. The Labute approximate surface area is 135 Å². The van der Waals surface area contributed by atoms with Crippen molar-refractivity contribution in [3.05, 3.63) is 59.9 Å². The van der Waals surface area contributed by atoms with Gasteiger partial charge in [0.2, 0.25) is 0 Å². The number of pyridine rings is 1. The molecule has 0 radical (unpaired) electrons. The Kier molecular flexibility index (Phi) is 5.43. The molecular formula is C16H18N4OS. The first-order chi connectivity index (χ1) is 10.6. The molecule has 114 valence electrons. The van der Waals surface area contributed by atoms with Gasteiger partial charge in [-0.1, -0.05) is 6.07 Å². The molecule has 0 bridgehead atoms. The molecule has 2 rings (SSSR count). The van der Waals surface area contributed by atoms with Gasteiger partial charge in [-0.15, -0.1) is 0 Å². The highest BCUT2D eigenvalue weighted by Gasteiger charge is 2.07. The molecule has 0 fully saturated rings. The number of anilines is 1. The molecule has 5 nitrogen and oxygen atoms in total. The average molecular weight is 314 g/mol. The van der Waals surface area contributed by atoms with E-state index in [1.165, 1.54) is 0 Å². The maximum atomic E-state index is 11.8. The van der Waals surface area contributed by atoms with E-state index < -0.39 is 0 Å². The molecule has 0 aliphatic carbocycles. The van der Waals surface area contributed by atoms with Crippen LogP contribution in [0.15, 0.2) is 48.7 Å². The number of aromatic nitrogens is 1. The zero-order valence-electron chi connectivity index (χ0n) is 12.5. The number of benzene rings is 1. The first-order valence-corrected chi connectivity index (χ1v) is 7.23.